The van der Waals surface area contributed by atoms with Gasteiger partial charge in [0.05, 0.1) is 16.6 Å². The van der Waals surface area contributed by atoms with E-state index in [9.17, 15) is 0 Å². The highest BCUT2D eigenvalue weighted by molar-refractivity contribution is 6.20. The van der Waals surface area contributed by atoms with Crippen LogP contribution in [0, 0.1) is 0 Å². The zero-order chi connectivity index (χ0) is 25.1. The molecule has 7 heteroatoms. The van der Waals surface area contributed by atoms with Crippen molar-refractivity contribution >= 4 is 54.5 Å². The number of hydrogen-bond acceptors (Lipinski definition) is 7. The fraction of sp³-hybridized carbons (Fsp3) is 0. The van der Waals surface area contributed by atoms with E-state index >= 15 is 0 Å². The minimum atomic E-state index is 0.527. The highest BCUT2D eigenvalue weighted by atomic mass is 15.2. The lowest BCUT2D eigenvalue weighted by molar-refractivity contribution is 1.04. The monoisotopic (exact) mass is 487 g/mol. The van der Waals surface area contributed by atoms with Crippen molar-refractivity contribution in [2.45, 2.75) is 0 Å². The molecular weight excluding hydrogens is 470 g/mol. The number of hydrogen-bond donors (Lipinski definition) is 0. The van der Waals surface area contributed by atoms with Crippen LogP contribution in [0.1, 0.15) is 0 Å². The maximum atomic E-state index is 5.03. The van der Waals surface area contributed by atoms with Gasteiger partial charge in [-0.15, -0.1) is 10.2 Å². The Kier molecular flexibility index (Phi) is 4.39. The van der Waals surface area contributed by atoms with Crippen LogP contribution in [0.3, 0.4) is 0 Å². The zero-order valence-electron chi connectivity index (χ0n) is 19.9. The molecule has 0 atom stereocenters. The van der Waals surface area contributed by atoms with E-state index in [1.807, 2.05) is 66.9 Å². The molecule has 0 spiro atoms. The minimum absolute atomic E-state index is 0.527. The quantitative estimate of drug-likeness (QED) is 0.255. The third-order valence-electron chi connectivity index (χ3n) is 6.89. The molecule has 0 N–H and O–H groups in total. The van der Waals surface area contributed by atoms with E-state index in [1.54, 1.807) is 12.4 Å². The van der Waals surface area contributed by atoms with Gasteiger partial charge in [-0.25, -0.2) is 15.0 Å². The van der Waals surface area contributed by atoms with Crippen molar-refractivity contribution in [2.75, 3.05) is 0 Å². The maximum Gasteiger partial charge on any atom is 0.182 e. The summed E-state index contributed by atoms with van der Waals surface area (Å²) in [4.78, 5) is 23.8. The zero-order valence-corrected chi connectivity index (χ0v) is 19.9. The summed E-state index contributed by atoms with van der Waals surface area (Å²) in [5.74, 6) is 1.18. The third-order valence-corrected chi connectivity index (χ3v) is 6.89. The summed E-state index contributed by atoms with van der Waals surface area (Å²) in [5, 5.41) is 14.1. The molecule has 7 nitrogen and oxygen atoms in total. The van der Waals surface area contributed by atoms with Crippen molar-refractivity contribution in [1.82, 2.24) is 35.1 Å². The lowest BCUT2D eigenvalue weighted by atomic mass is 9.99. The van der Waals surface area contributed by atoms with Crippen molar-refractivity contribution in [1.29, 1.82) is 0 Å². The predicted octanol–water partition coefficient (Wildman–Crippen LogP) is 6.55. The molecule has 0 saturated heterocycles. The Morgan fingerprint density at radius 1 is 0.474 bits per heavy atom. The Labute approximate surface area is 215 Å². The third kappa shape index (κ3) is 3.12. The molecule has 0 fully saturated rings. The van der Waals surface area contributed by atoms with Crippen LogP contribution in [0.15, 0.2) is 104 Å². The topological polar surface area (TPSA) is 90.2 Å². The molecule has 4 heterocycles. The average Bonchev–Trinajstić information content (AvgIpc) is 3.00. The number of para-hydroxylation sites is 1. The van der Waals surface area contributed by atoms with Crippen LogP contribution in [-0.2, 0) is 0 Å². The van der Waals surface area contributed by atoms with Crippen molar-refractivity contribution in [2.24, 2.45) is 0 Å². The fourth-order valence-corrected chi connectivity index (χ4v) is 5.11. The molecule has 8 aromatic rings. The van der Waals surface area contributed by atoms with E-state index in [1.165, 1.54) is 0 Å². The van der Waals surface area contributed by atoms with Crippen LogP contribution in [0.2, 0.25) is 0 Å². The molecule has 0 unspecified atom stereocenters. The molecule has 0 saturated carbocycles. The number of benzene rings is 4. The van der Waals surface area contributed by atoms with Crippen LogP contribution in [-0.4, -0.2) is 35.1 Å². The van der Waals surface area contributed by atoms with Crippen LogP contribution in [0.5, 0.6) is 0 Å². The lowest BCUT2D eigenvalue weighted by Crippen LogP contribution is -1.98. The summed E-state index contributed by atoms with van der Waals surface area (Å²) in [6.07, 6.45) is 5.41. The average molecular weight is 488 g/mol. The molecule has 176 valence electrons. The SMILES string of the molecule is c1ccc2nc(-c3cc(-c4nnc5c6cccnc6c6ncccc6c5n4)cc4ccccc34)ncc2c1. The first-order valence-electron chi connectivity index (χ1n) is 12.2. The first-order valence-corrected chi connectivity index (χ1v) is 12.2. The van der Waals surface area contributed by atoms with E-state index < -0.39 is 0 Å². The number of aromatic nitrogens is 7. The van der Waals surface area contributed by atoms with E-state index in [-0.39, 0.29) is 0 Å². The van der Waals surface area contributed by atoms with E-state index in [2.05, 4.69) is 44.4 Å². The first kappa shape index (κ1) is 20.7. The second kappa shape index (κ2) is 8.04. The number of pyridine rings is 2. The molecule has 4 aromatic heterocycles. The molecule has 38 heavy (non-hydrogen) atoms. The van der Waals surface area contributed by atoms with Crippen molar-refractivity contribution in [3.05, 3.63) is 104 Å². The maximum absolute atomic E-state index is 5.03. The van der Waals surface area contributed by atoms with Crippen molar-refractivity contribution in [3.63, 3.8) is 0 Å². The summed E-state index contributed by atoms with van der Waals surface area (Å²) in [5.41, 5.74) is 5.70. The van der Waals surface area contributed by atoms with Gasteiger partial charge < -0.3 is 0 Å². The smallest absolute Gasteiger partial charge is 0.182 e. The molecular formula is C31H17N7. The van der Waals surface area contributed by atoms with Gasteiger partial charge >= 0.3 is 0 Å². The van der Waals surface area contributed by atoms with Crippen LogP contribution in [0.25, 0.3) is 77.3 Å². The molecule has 0 aliphatic heterocycles. The van der Waals surface area contributed by atoms with Crippen LogP contribution in [0.4, 0.5) is 0 Å². The van der Waals surface area contributed by atoms with Crippen molar-refractivity contribution < 1.29 is 0 Å². The second-order valence-corrected chi connectivity index (χ2v) is 9.13. The van der Waals surface area contributed by atoms with Gasteiger partial charge in [0.25, 0.3) is 0 Å². The number of fused-ring (bicyclic) bond motifs is 8. The largest absolute Gasteiger partial charge is 0.254 e. The summed E-state index contributed by atoms with van der Waals surface area (Å²) in [6.45, 7) is 0. The Morgan fingerprint density at radius 3 is 2.03 bits per heavy atom. The van der Waals surface area contributed by atoms with E-state index in [0.29, 0.717) is 17.2 Å². The Bertz CT molecular complexity index is 2170. The van der Waals surface area contributed by atoms with Gasteiger partial charge in [-0.05, 0) is 53.2 Å². The second-order valence-electron chi connectivity index (χ2n) is 9.13. The van der Waals surface area contributed by atoms with Gasteiger partial charge in [0.2, 0.25) is 0 Å². The predicted molar refractivity (Wildman–Crippen MR) is 149 cm³/mol. The highest BCUT2D eigenvalue weighted by Gasteiger charge is 2.17. The molecule has 0 aliphatic rings. The van der Waals surface area contributed by atoms with Gasteiger partial charge in [-0.3, -0.25) is 9.97 Å². The Hall–Kier alpha value is -5.43. The van der Waals surface area contributed by atoms with Gasteiger partial charge in [0, 0.05) is 45.9 Å². The highest BCUT2D eigenvalue weighted by Crippen LogP contribution is 2.34. The molecule has 8 rings (SSSR count). The molecule has 0 radical (unpaired) electrons. The van der Waals surface area contributed by atoms with E-state index in [4.69, 9.17) is 15.0 Å². The van der Waals surface area contributed by atoms with Crippen LogP contribution < -0.4 is 0 Å². The summed E-state index contributed by atoms with van der Waals surface area (Å²) < 4.78 is 0. The molecule has 4 aromatic carbocycles. The standard InChI is InChI=1S/C31H17N7/c1-3-9-21-18(7-1)15-20(16-24(21)31-34-17-19-8-2-4-12-25(19)35-31)30-36-28-22-10-5-13-32-26(22)27-23(11-6-14-33-27)29(28)37-38-30/h1-17H. The number of nitrogens with zero attached hydrogens (tertiary/aromatic N) is 7. The summed E-state index contributed by atoms with van der Waals surface area (Å²) in [7, 11) is 0. The molecule has 0 bridgehead atoms. The normalized spacial score (nSPS) is 11.7. The summed E-state index contributed by atoms with van der Waals surface area (Å²) >= 11 is 0. The Morgan fingerprint density at radius 2 is 1.18 bits per heavy atom. The van der Waals surface area contributed by atoms with Gasteiger partial charge in [0.15, 0.2) is 11.6 Å². The molecule has 0 amide bonds. The van der Waals surface area contributed by atoms with Gasteiger partial charge in [-0.2, -0.15) is 0 Å². The fourth-order valence-electron chi connectivity index (χ4n) is 5.11. The van der Waals surface area contributed by atoms with Crippen molar-refractivity contribution in [3.8, 4) is 22.8 Å². The van der Waals surface area contributed by atoms with Gasteiger partial charge in [0.1, 0.15) is 11.0 Å². The lowest BCUT2D eigenvalue weighted by Gasteiger charge is -2.11. The van der Waals surface area contributed by atoms with Gasteiger partial charge in [-0.1, -0.05) is 42.5 Å². The van der Waals surface area contributed by atoms with Crippen LogP contribution >= 0.6 is 0 Å². The Balaban J connectivity index is 1.40. The minimum Gasteiger partial charge on any atom is -0.254 e. The first-order chi connectivity index (χ1) is 18.8. The summed E-state index contributed by atoms with van der Waals surface area (Å²) in [6, 6.07) is 28.1. The van der Waals surface area contributed by atoms with E-state index in [0.717, 1.165) is 60.1 Å². The molecule has 0 aliphatic carbocycles. The number of rotatable bonds is 2.